The van der Waals surface area contributed by atoms with Crippen LogP contribution < -0.4 is 10.6 Å². The first-order chi connectivity index (χ1) is 8.70. The maximum Gasteiger partial charge on any atom is 0.276 e. The molecule has 0 aliphatic heterocycles. The van der Waals surface area contributed by atoms with Crippen LogP contribution in [0.3, 0.4) is 0 Å². The van der Waals surface area contributed by atoms with Gasteiger partial charge < -0.3 is 10.6 Å². The number of rotatable bonds is 3. The normalized spacial score (nSPS) is 9.89. The van der Waals surface area contributed by atoms with Gasteiger partial charge in [-0.3, -0.25) is 4.79 Å². The zero-order chi connectivity index (χ0) is 13.0. The minimum Gasteiger partial charge on any atom is -0.372 e. The second kappa shape index (κ2) is 5.22. The summed E-state index contributed by atoms with van der Waals surface area (Å²) in [5.41, 5.74) is 0.235. The Morgan fingerprint density at radius 3 is 2.56 bits per heavy atom. The molecule has 0 unspecified atom stereocenters. The lowest BCUT2D eigenvalue weighted by atomic mass is 10.3. The molecule has 1 aromatic carbocycles. The molecule has 1 aromatic heterocycles. The smallest absolute Gasteiger partial charge is 0.276 e. The molecule has 6 heteroatoms. The Balaban J connectivity index is 2.14. The molecule has 0 saturated heterocycles. The largest absolute Gasteiger partial charge is 0.372 e. The number of amides is 1. The number of carbonyl (C=O) groups is 1. The molecule has 0 aliphatic carbocycles. The number of para-hydroxylation sites is 1. The monoisotopic (exact) mass is 246 g/mol. The molecule has 5 nitrogen and oxygen atoms in total. The molecule has 2 aromatic rings. The fourth-order valence-corrected chi connectivity index (χ4v) is 1.34. The number of halogens is 1. The number of carbonyl (C=O) groups excluding carboxylic acids is 1. The Kier molecular flexibility index (Phi) is 3.47. The van der Waals surface area contributed by atoms with Gasteiger partial charge in [-0.25, -0.2) is 4.39 Å². The van der Waals surface area contributed by atoms with E-state index in [4.69, 9.17) is 0 Å². The summed E-state index contributed by atoms with van der Waals surface area (Å²) in [5.74, 6) is -0.446. The van der Waals surface area contributed by atoms with Crippen LogP contribution in [0.25, 0.3) is 0 Å². The lowest BCUT2D eigenvalue weighted by Crippen LogP contribution is -2.15. The third kappa shape index (κ3) is 2.60. The topological polar surface area (TPSA) is 66.9 Å². The first-order valence-electron chi connectivity index (χ1n) is 5.28. The van der Waals surface area contributed by atoms with Gasteiger partial charge in [0, 0.05) is 7.05 Å². The summed E-state index contributed by atoms with van der Waals surface area (Å²) in [6.07, 6.45) is 0. The highest BCUT2D eigenvalue weighted by molar-refractivity contribution is 6.02. The third-order valence-corrected chi connectivity index (χ3v) is 2.28. The van der Waals surface area contributed by atoms with Gasteiger partial charge in [0.15, 0.2) is 5.69 Å². The first kappa shape index (κ1) is 12.0. The van der Waals surface area contributed by atoms with E-state index in [0.29, 0.717) is 5.82 Å². The van der Waals surface area contributed by atoms with Gasteiger partial charge in [0.05, 0.1) is 5.69 Å². The molecule has 1 heterocycles. The summed E-state index contributed by atoms with van der Waals surface area (Å²) in [6, 6.07) is 9.05. The molecular weight excluding hydrogens is 235 g/mol. The van der Waals surface area contributed by atoms with E-state index in [-0.39, 0.29) is 11.4 Å². The summed E-state index contributed by atoms with van der Waals surface area (Å²) < 4.78 is 13.3. The molecule has 0 aliphatic rings. The minimum absolute atomic E-state index is 0.113. The van der Waals surface area contributed by atoms with Gasteiger partial charge in [-0.1, -0.05) is 12.1 Å². The Morgan fingerprint density at radius 2 is 1.94 bits per heavy atom. The van der Waals surface area contributed by atoms with Crippen molar-refractivity contribution >= 4 is 17.4 Å². The number of hydrogen-bond acceptors (Lipinski definition) is 4. The average molecular weight is 246 g/mol. The third-order valence-electron chi connectivity index (χ3n) is 2.28. The molecule has 92 valence electrons. The van der Waals surface area contributed by atoms with Gasteiger partial charge in [-0.15, -0.1) is 10.2 Å². The second-order valence-electron chi connectivity index (χ2n) is 3.49. The predicted octanol–water partition coefficient (Wildman–Crippen LogP) is 1.91. The highest BCUT2D eigenvalue weighted by Gasteiger charge is 2.10. The molecule has 0 radical (unpaired) electrons. The number of aromatic nitrogens is 2. The molecule has 1 amide bonds. The first-order valence-corrected chi connectivity index (χ1v) is 5.28. The van der Waals surface area contributed by atoms with E-state index < -0.39 is 11.7 Å². The van der Waals surface area contributed by atoms with Crippen LogP contribution in [0.15, 0.2) is 36.4 Å². The quantitative estimate of drug-likeness (QED) is 0.868. The van der Waals surface area contributed by atoms with E-state index in [1.165, 1.54) is 18.2 Å². The van der Waals surface area contributed by atoms with Crippen molar-refractivity contribution in [2.45, 2.75) is 0 Å². The van der Waals surface area contributed by atoms with E-state index in [1.807, 2.05) is 0 Å². The predicted molar refractivity (Wildman–Crippen MR) is 65.9 cm³/mol. The molecule has 2 rings (SSSR count). The Labute approximate surface area is 103 Å². The fourth-order valence-electron chi connectivity index (χ4n) is 1.34. The van der Waals surface area contributed by atoms with E-state index >= 15 is 0 Å². The van der Waals surface area contributed by atoms with Gasteiger partial charge in [-0.2, -0.15) is 0 Å². The minimum atomic E-state index is -0.504. The molecule has 0 saturated carbocycles. The van der Waals surface area contributed by atoms with Crippen molar-refractivity contribution in [1.82, 2.24) is 10.2 Å². The van der Waals surface area contributed by atoms with Crippen molar-refractivity contribution in [1.29, 1.82) is 0 Å². The van der Waals surface area contributed by atoms with Gasteiger partial charge in [0.2, 0.25) is 0 Å². The highest BCUT2D eigenvalue weighted by Crippen LogP contribution is 2.13. The van der Waals surface area contributed by atoms with Gasteiger partial charge >= 0.3 is 0 Å². The fraction of sp³-hybridized carbons (Fsp3) is 0.0833. The molecule has 18 heavy (non-hydrogen) atoms. The van der Waals surface area contributed by atoms with Crippen molar-refractivity contribution in [2.24, 2.45) is 0 Å². The van der Waals surface area contributed by atoms with Crippen LogP contribution in [0.2, 0.25) is 0 Å². The van der Waals surface area contributed by atoms with Crippen molar-refractivity contribution < 1.29 is 9.18 Å². The lowest BCUT2D eigenvalue weighted by molar-refractivity contribution is 0.102. The van der Waals surface area contributed by atoms with Crippen LogP contribution in [0.1, 0.15) is 10.5 Å². The SMILES string of the molecule is CNc1ccc(C(=O)Nc2ccccc2F)nn1. The Morgan fingerprint density at radius 1 is 1.17 bits per heavy atom. The van der Waals surface area contributed by atoms with Crippen LogP contribution in [-0.2, 0) is 0 Å². The molecule has 0 spiro atoms. The summed E-state index contributed by atoms with van der Waals surface area (Å²) in [4.78, 5) is 11.8. The molecule has 0 bridgehead atoms. The number of nitrogens with zero attached hydrogens (tertiary/aromatic N) is 2. The maximum absolute atomic E-state index is 13.3. The maximum atomic E-state index is 13.3. The van der Waals surface area contributed by atoms with Crippen LogP contribution in [0, 0.1) is 5.82 Å². The molecule has 0 atom stereocenters. The van der Waals surface area contributed by atoms with E-state index in [1.54, 1.807) is 25.2 Å². The van der Waals surface area contributed by atoms with Crippen LogP contribution in [0.4, 0.5) is 15.9 Å². The Hall–Kier alpha value is -2.50. The Bertz CT molecular complexity index is 556. The number of hydrogen-bond donors (Lipinski definition) is 2. The van der Waals surface area contributed by atoms with Crippen molar-refractivity contribution in [3.05, 3.63) is 47.9 Å². The highest BCUT2D eigenvalue weighted by atomic mass is 19.1. The van der Waals surface area contributed by atoms with Crippen molar-refractivity contribution in [3.63, 3.8) is 0 Å². The number of benzene rings is 1. The zero-order valence-corrected chi connectivity index (χ0v) is 9.64. The average Bonchev–Trinajstić information content (AvgIpc) is 2.41. The van der Waals surface area contributed by atoms with E-state index in [9.17, 15) is 9.18 Å². The standard InChI is InChI=1S/C12H11FN4O/c1-14-11-7-6-10(16-17-11)12(18)15-9-5-3-2-4-8(9)13/h2-7H,1H3,(H,14,17)(H,15,18). The van der Waals surface area contributed by atoms with Gasteiger partial charge in [0.1, 0.15) is 11.6 Å². The lowest BCUT2D eigenvalue weighted by Gasteiger charge is -2.05. The summed E-state index contributed by atoms with van der Waals surface area (Å²) in [6.45, 7) is 0. The summed E-state index contributed by atoms with van der Waals surface area (Å²) >= 11 is 0. The second-order valence-corrected chi connectivity index (χ2v) is 3.49. The zero-order valence-electron chi connectivity index (χ0n) is 9.64. The van der Waals surface area contributed by atoms with Gasteiger partial charge in [0.25, 0.3) is 5.91 Å². The molecule has 0 fully saturated rings. The summed E-state index contributed by atoms with van der Waals surface area (Å²) in [5, 5.41) is 12.7. The van der Waals surface area contributed by atoms with Crippen LogP contribution in [-0.4, -0.2) is 23.2 Å². The summed E-state index contributed by atoms with van der Waals surface area (Å²) in [7, 11) is 1.70. The number of anilines is 2. The van der Waals surface area contributed by atoms with Crippen molar-refractivity contribution in [3.8, 4) is 0 Å². The van der Waals surface area contributed by atoms with Crippen molar-refractivity contribution in [2.75, 3.05) is 17.7 Å². The van der Waals surface area contributed by atoms with Gasteiger partial charge in [-0.05, 0) is 24.3 Å². The van der Waals surface area contributed by atoms with E-state index in [0.717, 1.165) is 0 Å². The van der Waals surface area contributed by atoms with Crippen LogP contribution >= 0.6 is 0 Å². The van der Waals surface area contributed by atoms with Crippen LogP contribution in [0.5, 0.6) is 0 Å². The number of nitrogens with one attached hydrogen (secondary N) is 2. The molecular formula is C12H11FN4O. The molecule has 2 N–H and O–H groups in total. The van der Waals surface area contributed by atoms with E-state index in [2.05, 4.69) is 20.8 Å².